The molecular weight excluding hydrogens is 542 g/mol. The minimum Gasteiger partial charge on any atom is -0.497 e. The summed E-state index contributed by atoms with van der Waals surface area (Å²) in [5.74, 6) is 0.338. The summed E-state index contributed by atoms with van der Waals surface area (Å²) in [4.78, 5) is 28.6. The highest BCUT2D eigenvalue weighted by atomic mass is 32.2. The predicted molar refractivity (Wildman–Crippen MR) is 160 cm³/mol. The molecule has 3 rings (SSSR count). The molecule has 9 nitrogen and oxygen atoms in total. The van der Waals surface area contributed by atoms with Crippen molar-refractivity contribution in [2.45, 2.75) is 51.6 Å². The van der Waals surface area contributed by atoms with Crippen molar-refractivity contribution in [1.82, 2.24) is 10.2 Å². The third-order valence-corrected chi connectivity index (χ3v) is 8.34. The largest absolute Gasteiger partial charge is 0.497 e. The van der Waals surface area contributed by atoms with Crippen molar-refractivity contribution in [2.75, 3.05) is 31.1 Å². The first-order valence-electron chi connectivity index (χ1n) is 13.7. The Morgan fingerprint density at radius 1 is 0.927 bits per heavy atom. The normalized spacial score (nSPS) is 11.8. The molecule has 41 heavy (non-hydrogen) atoms. The van der Waals surface area contributed by atoms with Crippen molar-refractivity contribution in [1.29, 1.82) is 0 Å². The Labute approximate surface area is 243 Å². The molecule has 220 valence electrons. The Kier molecular flexibility index (Phi) is 11.2. The van der Waals surface area contributed by atoms with Crippen LogP contribution in [0.5, 0.6) is 11.5 Å². The van der Waals surface area contributed by atoms with Gasteiger partial charge in [0.1, 0.15) is 24.1 Å². The highest BCUT2D eigenvalue weighted by Gasteiger charge is 2.33. The maximum atomic E-state index is 14.1. The molecule has 0 fully saturated rings. The number of hydrogen-bond acceptors (Lipinski definition) is 6. The molecule has 0 radical (unpaired) electrons. The van der Waals surface area contributed by atoms with Crippen LogP contribution in [0.4, 0.5) is 5.69 Å². The molecule has 0 aliphatic carbocycles. The number of benzene rings is 3. The van der Waals surface area contributed by atoms with E-state index in [0.29, 0.717) is 36.8 Å². The fourth-order valence-electron chi connectivity index (χ4n) is 4.42. The molecule has 0 saturated carbocycles. The quantitative estimate of drug-likeness (QED) is 0.300. The molecule has 10 heteroatoms. The zero-order valence-electron chi connectivity index (χ0n) is 24.3. The lowest BCUT2D eigenvalue weighted by atomic mass is 10.1. The van der Waals surface area contributed by atoms with E-state index in [1.54, 1.807) is 68.6 Å². The van der Waals surface area contributed by atoms with Crippen LogP contribution in [0.3, 0.4) is 0 Å². The highest BCUT2D eigenvalue weighted by Crippen LogP contribution is 2.27. The molecule has 1 atom stereocenters. The third kappa shape index (κ3) is 8.00. The highest BCUT2D eigenvalue weighted by molar-refractivity contribution is 7.92. The molecule has 1 N–H and O–H groups in total. The van der Waals surface area contributed by atoms with Crippen LogP contribution in [0.2, 0.25) is 0 Å². The van der Waals surface area contributed by atoms with Crippen LogP contribution in [0.15, 0.2) is 77.7 Å². The van der Waals surface area contributed by atoms with Gasteiger partial charge in [-0.15, -0.1) is 0 Å². The SMILES string of the molecule is CCNC(=O)[C@H](CC)N(Cc1cccc(OC)c1)C(=O)CN(c1ccc(C)cc1)S(=O)(=O)c1ccc(OCC)cc1. The zero-order chi connectivity index (χ0) is 30.0. The number of nitrogens with one attached hydrogen (secondary N) is 1. The second-order valence-corrected chi connectivity index (χ2v) is 11.3. The van der Waals surface area contributed by atoms with E-state index < -0.39 is 28.5 Å². The summed E-state index contributed by atoms with van der Waals surface area (Å²) in [6, 6.07) is 19.4. The van der Waals surface area contributed by atoms with E-state index in [2.05, 4.69) is 5.32 Å². The number of carbonyl (C=O) groups excluding carboxylic acids is 2. The monoisotopic (exact) mass is 581 g/mol. The van der Waals surface area contributed by atoms with Gasteiger partial charge in [-0.2, -0.15) is 0 Å². The van der Waals surface area contributed by atoms with E-state index in [9.17, 15) is 18.0 Å². The lowest BCUT2D eigenvalue weighted by Gasteiger charge is -2.33. The second-order valence-electron chi connectivity index (χ2n) is 9.44. The second kappa shape index (κ2) is 14.5. The molecular formula is C31H39N3O6S. The van der Waals surface area contributed by atoms with Crippen molar-refractivity contribution in [3.8, 4) is 11.5 Å². The lowest BCUT2D eigenvalue weighted by molar-refractivity contribution is -0.140. The maximum Gasteiger partial charge on any atom is 0.264 e. The van der Waals surface area contributed by atoms with Crippen LogP contribution in [-0.4, -0.2) is 58.0 Å². The number of ether oxygens (including phenoxy) is 2. The number of rotatable bonds is 14. The van der Waals surface area contributed by atoms with Crippen molar-refractivity contribution in [3.05, 3.63) is 83.9 Å². The summed E-state index contributed by atoms with van der Waals surface area (Å²) in [5.41, 5.74) is 2.03. The van der Waals surface area contributed by atoms with Gasteiger partial charge in [0.2, 0.25) is 11.8 Å². The number of anilines is 1. The number of carbonyl (C=O) groups is 2. The van der Waals surface area contributed by atoms with Gasteiger partial charge in [0.15, 0.2) is 0 Å². The van der Waals surface area contributed by atoms with E-state index in [-0.39, 0.29) is 17.3 Å². The van der Waals surface area contributed by atoms with Gasteiger partial charge < -0.3 is 19.7 Å². The smallest absolute Gasteiger partial charge is 0.264 e. The first kappa shape index (κ1) is 31.5. The van der Waals surface area contributed by atoms with Crippen molar-refractivity contribution in [3.63, 3.8) is 0 Å². The van der Waals surface area contributed by atoms with Gasteiger partial charge in [-0.25, -0.2) is 8.42 Å². The average Bonchev–Trinajstić information content (AvgIpc) is 2.97. The van der Waals surface area contributed by atoms with E-state index in [0.717, 1.165) is 15.4 Å². The number of aryl methyl sites for hydroxylation is 1. The molecule has 3 aromatic carbocycles. The topological polar surface area (TPSA) is 105 Å². The Hall–Kier alpha value is -4.05. The molecule has 0 aliphatic rings. The first-order chi connectivity index (χ1) is 19.6. The fraction of sp³-hybridized carbons (Fsp3) is 0.355. The number of hydrogen-bond donors (Lipinski definition) is 1. The number of nitrogens with zero attached hydrogens (tertiary/aromatic N) is 2. The summed E-state index contributed by atoms with van der Waals surface area (Å²) in [7, 11) is -2.61. The molecule has 0 spiro atoms. The van der Waals surface area contributed by atoms with Crippen LogP contribution in [0, 0.1) is 6.92 Å². The summed E-state index contributed by atoms with van der Waals surface area (Å²) in [6.45, 7) is 7.81. The van der Waals surface area contributed by atoms with Crippen LogP contribution in [-0.2, 0) is 26.2 Å². The molecule has 0 bridgehead atoms. The number of methoxy groups -OCH3 is 1. The van der Waals surface area contributed by atoms with E-state index in [1.165, 1.54) is 17.0 Å². The Bertz CT molecular complexity index is 1410. The Morgan fingerprint density at radius 3 is 2.20 bits per heavy atom. The van der Waals surface area contributed by atoms with Crippen molar-refractivity contribution in [2.24, 2.45) is 0 Å². The average molecular weight is 582 g/mol. The molecule has 0 saturated heterocycles. The van der Waals surface area contributed by atoms with Gasteiger partial charge in [-0.1, -0.05) is 36.8 Å². The zero-order valence-corrected chi connectivity index (χ0v) is 25.1. The summed E-state index contributed by atoms with van der Waals surface area (Å²) in [5, 5.41) is 2.80. The van der Waals surface area contributed by atoms with Crippen molar-refractivity contribution < 1.29 is 27.5 Å². The molecule has 2 amide bonds. The first-order valence-corrected chi connectivity index (χ1v) is 15.1. The van der Waals surface area contributed by atoms with Gasteiger partial charge in [0.05, 0.1) is 24.3 Å². The third-order valence-electron chi connectivity index (χ3n) is 6.55. The van der Waals surface area contributed by atoms with Gasteiger partial charge >= 0.3 is 0 Å². The molecule has 0 aromatic heterocycles. The van der Waals surface area contributed by atoms with E-state index in [1.807, 2.05) is 26.8 Å². The van der Waals surface area contributed by atoms with Crippen LogP contribution in [0.25, 0.3) is 0 Å². The molecule has 0 unspecified atom stereocenters. The minimum absolute atomic E-state index is 0.0180. The van der Waals surface area contributed by atoms with Gasteiger partial charge in [0.25, 0.3) is 10.0 Å². The number of likely N-dealkylation sites (N-methyl/N-ethyl adjacent to an activating group) is 1. The maximum absolute atomic E-state index is 14.1. The van der Waals surface area contributed by atoms with E-state index in [4.69, 9.17) is 9.47 Å². The van der Waals surface area contributed by atoms with Crippen LogP contribution < -0.4 is 19.1 Å². The number of sulfonamides is 1. The van der Waals surface area contributed by atoms with Crippen LogP contribution >= 0.6 is 0 Å². The Balaban J connectivity index is 2.05. The summed E-state index contributed by atoms with van der Waals surface area (Å²) in [6.07, 6.45) is 0.345. The Morgan fingerprint density at radius 2 is 1.61 bits per heavy atom. The summed E-state index contributed by atoms with van der Waals surface area (Å²) < 4.78 is 39.9. The minimum atomic E-state index is -4.16. The molecule has 0 aliphatic heterocycles. The van der Waals surface area contributed by atoms with Crippen molar-refractivity contribution >= 4 is 27.5 Å². The summed E-state index contributed by atoms with van der Waals surface area (Å²) >= 11 is 0. The lowest BCUT2D eigenvalue weighted by Crippen LogP contribution is -2.52. The molecule has 3 aromatic rings. The van der Waals surface area contributed by atoms with Gasteiger partial charge in [-0.05, 0) is 81.3 Å². The van der Waals surface area contributed by atoms with Crippen LogP contribution in [0.1, 0.15) is 38.3 Å². The standard InChI is InChI=1S/C31H39N3O6S/c1-6-29(31(36)32-7-2)33(21-24-10-9-11-27(20-24)39-5)30(35)22-34(25-14-12-23(4)13-15-25)41(37,38)28-18-16-26(17-19-28)40-8-3/h9-20,29H,6-8,21-22H2,1-5H3,(H,32,36)/t29-/m0/s1. The molecule has 0 heterocycles. The van der Waals surface area contributed by atoms with E-state index >= 15 is 0 Å². The fourth-order valence-corrected chi connectivity index (χ4v) is 5.83. The number of amides is 2. The van der Waals surface area contributed by atoms with Gasteiger partial charge in [-0.3, -0.25) is 13.9 Å². The van der Waals surface area contributed by atoms with Gasteiger partial charge in [0, 0.05) is 13.1 Å². The predicted octanol–water partition coefficient (Wildman–Crippen LogP) is 4.54.